The normalized spacial score (nSPS) is 11.6. The van der Waals surface area contributed by atoms with Crippen LogP contribution in [0.25, 0.3) is 33.0 Å². The van der Waals surface area contributed by atoms with Gasteiger partial charge in [-0.3, -0.25) is 4.55 Å². The van der Waals surface area contributed by atoms with Gasteiger partial charge in [-0.15, -0.1) is 12.6 Å². The number of thiol groups is 1. The van der Waals surface area contributed by atoms with Crippen LogP contribution < -0.4 is 0 Å². The second-order valence-corrected chi connectivity index (χ2v) is 8.38. The Kier molecular flexibility index (Phi) is 6.74. The van der Waals surface area contributed by atoms with Crippen molar-refractivity contribution in [1.82, 2.24) is 0 Å². The van der Waals surface area contributed by atoms with E-state index in [1.165, 1.54) is 33.0 Å². The molecule has 4 rings (SSSR count). The maximum absolute atomic E-state index is 10.7. The topological polar surface area (TPSA) is 54.4 Å². The van der Waals surface area contributed by atoms with Crippen LogP contribution in [0.1, 0.15) is 0 Å². The van der Waals surface area contributed by atoms with Crippen LogP contribution >= 0.6 is 12.6 Å². The van der Waals surface area contributed by atoms with Gasteiger partial charge < -0.3 is 0 Å². The summed E-state index contributed by atoms with van der Waals surface area (Å²) in [7, 11) is -5.84. The highest BCUT2D eigenvalue weighted by Gasteiger charge is 2.44. The molecule has 0 saturated heterocycles. The van der Waals surface area contributed by atoms with Gasteiger partial charge in [-0.05, 0) is 33.5 Å². The van der Waals surface area contributed by atoms with Gasteiger partial charge in [0.05, 0.1) is 0 Å². The van der Waals surface area contributed by atoms with Crippen molar-refractivity contribution < 1.29 is 26.1 Å². The molecule has 4 aromatic rings. The predicted octanol–water partition coefficient (Wildman–Crippen LogP) is 6.86. The number of benzene rings is 4. The fourth-order valence-corrected chi connectivity index (χ4v) is 3.52. The Morgan fingerprint density at radius 2 is 1.19 bits per heavy atom. The van der Waals surface area contributed by atoms with Gasteiger partial charge in [0.1, 0.15) is 0 Å². The van der Waals surface area contributed by atoms with Gasteiger partial charge in [0.2, 0.25) is 0 Å². The Labute approximate surface area is 183 Å². The summed E-state index contributed by atoms with van der Waals surface area (Å²) in [6, 6.07) is 31.7. The van der Waals surface area contributed by atoms with Gasteiger partial charge >= 0.3 is 15.6 Å². The van der Waals surface area contributed by atoms with E-state index in [-0.39, 0.29) is 0 Å². The summed E-state index contributed by atoms with van der Waals surface area (Å²) in [4.78, 5) is 1.04. The lowest BCUT2D eigenvalue weighted by molar-refractivity contribution is -0.0510. The van der Waals surface area contributed by atoms with E-state index in [4.69, 9.17) is 25.6 Å². The second kappa shape index (κ2) is 9.13. The first-order valence-corrected chi connectivity index (χ1v) is 10.9. The Morgan fingerprint density at radius 1 is 0.742 bits per heavy atom. The molecule has 0 aliphatic heterocycles. The van der Waals surface area contributed by atoms with Gasteiger partial charge in [-0.1, -0.05) is 84.9 Å². The van der Waals surface area contributed by atoms with Crippen molar-refractivity contribution in [2.75, 3.05) is 0 Å². The first-order valence-electron chi connectivity index (χ1n) is 8.99. The molecule has 0 aliphatic rings. The van der Waals surface area contributed by atoms with E-state index in [1.807, 2.05) is 12.1 Å². The van der Waals surface area contributed by atoms with Crippen LogP contribution in [0.3, 0.4) is 0 Å². The average molecular weight is 463 g/mol. The second-order valence-electron chi connectivity index (χ2n) is 6.52. The smallest absolute Gasteiger partial charge is 0.279 e. The van der Waals surface area contributed by atoms with Crippen LogP contribution in [0.4, 0.5) is 13.2 Å². The van der Waals surface area contributed by atoms with Crippen molar-refractivity contribution >= 4 is 33.5 Å². The third kappa shape index (κ3) is 5.28. The SMILES string of the molecule is O=S(=O)(O)C(F)(F)F.Sc1c(-c2ccccc2)c(-c2ccccc2)cc2ccccc12. The number of alkyl halides is 3. The highest BCUT2D eigenvalue weighted by Crippen LogP contribution is 2.41. The number of fused-ring (bicyclic) bond motifs is 1. The summed E-state index contributed by atoms with van der Waals surface area (Å²) in [5.41, 5.74) is -0.707. The molecule has 8 heteroatoms. The summed E-state index contributed by atoms with van der Waals surface area (Å²) in [6.07, 6.45) is 0. The molecule has 0 atom stereocenters. The minimum Gasteiger partial charge on any atom is -0.279 e. The monoisotopic (exact) mass is 462 g/mol. The fourth-order valence-electron chi connectivity index (χ4n) is 3.07. The first kappa shape index (κ1) is 22.9. The zero-order chi connectivity index (χ0) is 22.6. The van der Waals surface area contributed by atoms with Crippen LogP contribution in [0.2, 0.25) is 0 Å². The molecule has 4 aromatic carbocycles. The zero-order valence-corrected chi connectivity index (χ0v) is 17.6. The maximum Gasteiger partial charge on any atom is 0.522 e. The lowest BCUT2D eigenvalue weighted by Crippen LogP contribution is -2.21. The standard InChI is InChI=1S/C22H16S.CHF3O3S/c23-22-19-14-8-7-13-18(19)15-20(16-9-3-1-4-10-16)21(22)17-11-5-2-6-12-17;2-1(3,4)8(5,6)7/h1-15,23H;(H,5,6,7). The van der Waals surface area contributed by atoms with E-state index in [2.05, 4.69) is 78.9 Å². The van der Waals surface area contributed by atoms with Crippen LogP contribution in [-0.4, -0.2) is 18.5 Å². The van der Waals surface area contributed by atoms with Crippen LogP contribution in [0.15, 0.2) is 95.9 Å². The summed E-state index contributed by atoms with van der Waals surface area (Å²) in [5, 5.41) is 2.41. The summed E-state index contributed by atoms with van der Waals surface area (Å²) >= 11 is 4.90. The van der Waals surface area contributed by atoms with Gasteiger partial charge in [0.25, 0.3) is 0 Å². The molecule has 0 radical (unpaired) electrons. The van der Waals surface area contributed by atoms with Gasteiger partial charge in [0.15, 0.2) is 0 Å². The summed E-state index contributed by atoms with van der Waals surface area (Å²) in [5.74, 6) is 0. The maximum atomic E-state index is 10.7. The van der Waals surface area contributed by atoms with Crippen molar-refractivity contribution in [3.63, 3.8) is 0 Å². The van der Waals surface area contributed by atoms with Crippen LogP contribution in [0.5, 0.6) is 0 Å². The molecule has 3 nitrogen and oxygen atoms in total. The molecule has 0 spiro atoms. The Hall–Kier alpha value is -2.81. The largest absolute Gasteiger partial charge is 0.522 e. The fraction of sp³-hybridized carbons (Fsp3) is 0.0435. The average Bonchev–Trinajstić information content (AvgIpc) is 2.74. The zero-order valence-electron chi connectivity index (χ0n) is 15.9. The van der Waals surface area contributed by atoms with Crippen LogP contribution in [0, 0.1) is 0 Å². The molecule has 0 fully saturated rings. The molecular formula is C23H17F3O3S2. The van der Waals surface area contributed by atoms with Crippen molar-refractivity contribution in [1.29, 1.82) is 0 Å². The minimum absolute atomic E-state index is 1.04. The summed E-state index contributed by atoms with van der Waals surface area (Å²) in [6.45, 7) is 0. The molecule has 0 heterocycles. The number of hydrogen-bond donors (Lipinski definition) is 2. The van der Waals surface area contributed by atoms with Crippen molar-refractivity contribution in [2.24, 2.45) is 0 Å². The number of rotatable bonds is 2. The first-order chi connectivity index (χ1) is 14.6. The van der Waals surface area contributed by atoms with E-state index in [1.54, 1.807) is 0 Å². The highest BCUT2D eigenvalue weighted by atomic mass is 32.2. The molecule has 0 amide bonds. The molecule has 0 aromatic heterocycles. The molecule has 0 bridgehead atoms. The molecule has 0 saturated carbocycles. The molecular weight excluding hydrogens is 445 g/mol. The van der Waals surface area contributed by atoms with Gasteiger partial charge in [-0.25, -0.2) is 0 Å². The van der Waals surface area contributed by atoms with E-state index >= 15 is 0 Å². The lowest BCUT2D eigenvalue weighted by Gasteiger charge is -2.16. The number of halogens is 3. The van der Waals surface area contributed by atoms with Crippen molar-refractivity contribution in [3.8, 4) is 22.3 Å². The molecule has 31 heavy (non-hydrogen) atoms. The molecule has 1 N–H and O–H groups in total. The van der Waals surface area contributed by atoms with Crippen molar-refractivity contribution in [2.45, 2.75) is 10.4 Å². The quantitative estimate of drug-likeness (QED) is 0.194. The van der Waals surface area contributed by atoms with Gasteiger partial charge in [0, 0.05) is 10.5 Å². The van der Waals surface area contributed by atoms with E-state index in [0.717, 1.165) is 4.90 Å². The third-order valence-corrected chi connectivity index (χ3v) is 5.51. The molecule has 160 valence electrons. The lowest BCUT2D eigenvalue weighted by atomic mass is 9.91. The minimum atomic E-state index is -5.84. The Balaban J connectivity index is 0.000000293. The van der Waals surface area contributed by atoms with Gasteiger partial charge in [-0.2, -0.15) is 21.6 Å². The van der Waals surface area contributed by atoms with E-state index in [0.29, 0.717) is 0 Å². The third-order valence-electron chi connectivity index (χ3n) is 4.46. The van der Waals surface area contributed by atoms with Crippen LogP contribution in [-0.2, 0) is 10.1 Å². The Bertz CT molecular complexity index is 1290. The van der Waals surface area contributed by atoms with E-state index in [9.17, 15) is 13.2 Å². The summed E-state index contributed by atoms with van der Waals surface area (Å²) < 4.78 is 57.5. The Morgan fingerprint density at radius 3 is 1.71 bits per heavy atom. The van der Waals surface area contributed by atoms with Crippen molar-refractivity contribution in [3.05, 3.63) is 91.0 Å². The number of hydrogen-bond acceptors (Lipinski definition) is 3. The van der Waals surface area contributed by atoms with E-state index < -0.39 is 15.6 Å². The predicted molar refractivity (Wildman–Crippen MR) is 120 cm³/mol. The molecule has 0 unspecified atom stereocenters. The molecule has 0 aliphatic carbocycles. The highest BCUT2D eigenvalue weighted by molar-refractivity contribution is 7.86.